The molecular weight excluding hydrogens is 378 g/mol. The van der Waals surface area contributed by atoms with Crippen LogP contribution in [0.15, 0.2) is 30.5 Å². The molecule has 3 aromatic rings. The van der Waals surface area contributed by atoms with Gasteiger partial charge in [0.2, 0.25) is 11.9 Å². The first kappa shape index (κ1) is 20.0. The number of amides is 1. The minimum absolute atomic E-state index is 0.0457. The summed E-state index contributed by atoms with van der Waals surface area (Å²) < 4.78 is 2.04. The van der Waals surface area contributed by atoms with Crippen molar-refractivity contribution in [2.24, 2.45) is 5.92 Å². The Bertz CT molecular complexity index is 1110. The monoisotopic (exact) mass is 403 g/mol. The zero-order valence-electron chi connectivity index (χ0n) is 17.2. The largest absolute Gasteiger partial charge is 0.327 e. The number of hydrogen-bond acceptors (Lipinski definition) is 6. The fourth-order valence-corrected chi connectivity index (χ4v) is 3.99. The number of nitriles is 1. The number of carbonyl (C=O) groups is 1. The molecule has 1 atom stereocenters. The van der Waals surface area contributed by atoms with E-state index < -0.39 is 5.92 Å². The summed E-state index contributed by atoms with van der Waals surface area (Å²) >= 11 is 0. The maximum absolute atomic E-state index is 12.6. The summed E-state index contributed by atoms with van der Waals surface area (Å²) in [6.07, 6.45) is 3.25. The number of nitrogens with zero attached hydrogens (tertiary/aromatic N) is 5. The quantitative estimate of drug-likeness (QED) is 0.678. The molecule has 1 fully saturated rings. The van der Waals surface area contributed by atoms with Crippen LogP contribution in [0.25, 0.3) is 11.0 Å². The number of para-hydroxylation sites is 2. The van der Waals surface area contributed by atoms with E-state index in [0.717, 1.165) is 42.5 Å². The molecule has 0 radical (unpaired) electrons. The highest BCUT2D eigenvalue weighted by molar-refractivity contribution is 5.91. The third-order valence-corrected chi connectivity index (χ3v) is 5.62. The van der Waals surface area contributed by atoms with Crippen LogP contribution in [0.2, 0.25) is 0 Å². The van der Waals surface area contributed by atoms with Crippen LogP contribution < -0.4 is 10.6 Å². The van der Waals surface area contributed by atoms with E-state index in [2.05, 4.69) is 26.7 Å². The maximum Gasteiger partial charge on any atom is 0.229 e. The lowest BCUT2D eigenvalue weighted by Crippen LogP contribution is -2.35. The smallest absolute Gasteiger partial charge is 0.229 e. The van der Waals surface area contributed by atoms with Crippen LogP contribution in [-0.4, -0.2) is 38.5 Å². The minimum atomic E-state index is -0.658. The second-order valence-electron chi connectivity index (χ2n) is 7.54. The van der Waals surface area contributed by atoms with Crippen LogP contribution in [0.5, 0.6) is 0 Å². The summed E-state index contributed by atoms with van der Waals surface area (Å²) in [4.78, 5) is 26.2. The van der Waals surface area contributed by atoms with Crippen molar-refractivity contribution in [1.82, 2.24) is 24.8 Å². The van der Waals surface area contributed by atoms with Gasteiger partial charge in [-0.2, -0.15) is 5.26 Å². The zero-order chi connectivity index (χ0) is 21.1. The van der Waals surface area contributed by atoms with Gasteiger partial charge in [-0.25, -0.2) is 15.0 Å². The molecule has 154 valence electrons. The number of rotatable bonds is 5. The van der Waals surface area contributed by atoms with Gasteiger partial charge in [0.15, 0.2) is 0 Å². The molecule has 2 N–H and O–H groups in total. The summed E-state index contributed by atoms with van der Waals surface area (Å²) in [5.74, 6) is 0.114. The predicted octanol–water partition coefficient (Wildman–Crippen LogP) is 2.75. The van der Waals surface area contributed by atoms with Crippen molar-refractivity contribution in [3.63, 3.8) is 0 Å². The third-order valence-electron chi connectivity index (χ3n) is 5.62. The van der Waals surface area contributed by atoms with E-state index in [1.54, 1.807) is 6.20 Å². The molecule has 1 saturated heterocycles. The minimum Gasteiger partial charge on any atom is -0.327 e. The van der Waals surface area contributed by atoms with Crippen molar-refractivity contribution < 1.29 is 4.79 Å². The Morgan fingerprint density at radius 3 is 2.83 bits per heavy atom. The van der Waals surface area contributed by atoms with Crippen molar-refractivity contribution in [3.8, 4) is 6.07 Å². The number of aromatic nitrogens is 4. The zero-order valence-corrected chi connectivity index (χ0v) is 17.2. The van der Waals surface area contributed by atoms with E-state index in [1.165, 1.54) is 0 Å². The highest BCUT2D eigenvalue weighted by Gasteiger charge is 2.26. The van der Waals surface area contributed by atoms with Crippen LogP contribution in [-0.2, 0) is 11.3 Å². The number of benzene rings is 1. The molecule has 1 amide bonds. The van der Waals surface area contributed by atoms with E-state index in [-0.39, 0.29) is 17.8 Å². The number of fused-ring (bicyclic) bond motifs is 1. The van der Waals surface area contributed by atoms with Gasteiger partial charge in [-0.15, -0.1) is 0 Å². The molecule has 0 saturated carbocycles. The highest BCUT2D eigenvalue weighted by Crippen LogP contribution is 2.28. The third kappa shape index (κ3) is 3.76. The van der Waals surface area contributed by atoms with Crippen LogP contribution in [0.1, 0.15) is 42.8 Å². The molecule has 30 heavy (non-hydrogen) atoms. The second kappa shape index (κ2) is 8.59. The number of hydrogen-bond donors (Lipinski definition) is 2. The average Bonchev–Trinajstić information content (AvgIpc) is 3.15. The summed E-state index contributed by atoms with van der Waals surface area (Å²) in [5, 5.41) is 16.1. The number of nitrogens with one attached hydrogen (secondary N) is 2. The molecule has 4 rings (SSSR count). The van der Waals surface area contributed by atoms with Crippen LogP contribution in [0, 0.1) is 24.2 Å². The van der Waals surface area contributed by atoms with Crippen LogP contribution >= 0.6 is 0 Å². The van der Waals surface area contributed by atoms with Gasteiger partial charge in [0, 0.05) is 18.7 Å². The first-order chi connectivity index (χ1) is 14.6. The average molecular weight is 403 g/mol. The molecule has 3 heterocycles. The van der Waals surface area contributed by atoms with Gasteiger partial charge in [0.05, 0.1) is 22.8 Å². The van der Waals surface area contributed by atoms with Gasteiger partial charge in [0.1, 0.15) is 11.7 Å². The molecular formula is C22H25N7O. The summed E-state index contributed by atoms with van der Waals surface area (Å²) in [6.45, 7) is 6.27. The van der Waals surface area contributed by atoms with Gasteiger partial charge in [-0.05, 0) is 57.5 Å². The predicted molar refractivity (Wildman–Crippen MR) is 114 cm³/mol. The molecule has 1 unspecified atom stereocenters. The lowest BCUT2D eigenvalue weighted by Gasteiger charge is -2.21. The van der Waals surface area contributed by atoms with E-state index in [0.29, 0.717) is 18.1 Å². The van der Waals surface area contributed by atoms with Gasteiger partial charge >= 0.3 is 0 Å². The SMILES string of the molecule is CCn1c(C(C#N)c2nc(NC(=O)C3CCNCC3)ncc2C)nc2ccccc21. The molecule has 0 spiro atoms. The number of aryl methyl sites for hydroxylation is 2. The fourth-order valence-electron chi connectivity index (χ4n) is 3.99. The van der Waals surface area contributed by atoms with E-state index in [9.17, 15) is 10.1 Å². The number of anilines is 1. The van der Waals surface area contributed by atoms with Crippen molar-refractivity contribution in [2.45, 2.75) is 39.2 Å². The fraction of sp³-hybridized carbons (Fsp3) is 0.409. The van der Waals surface area contributed by atoms with Crippen molar-refractivity contribution in [1.29, 1.82) is 5.26 Å². The first-order valence-electron chi connectivity index (χ1n) is 10.3. The highest BCUT2D eigenvalue weighted by atomic mass is 16.2. The first-order valence-corrected chi connectivity index (χ1v) is 10.3. The molecule has 8 heteroatoms. The maximum atomic E-state index is 12.6. The Morgan fingerprint density at radius 1 is 1.33 bits per heavy atom. The summed E-state index contributed by atoms with van der Waals surface area (Å²) in [7, 11) is 0. The van der Waals surface area contributed by atoms with Crippen molar-refractivity contribution in [2.75, 3.05) is 18.4 Å². The molecule has 0 bridgehead atoms. The molecule has 1 aliphatic heterocycles. The Labute approximate surface area is 175 Å². The van der Waals surface area contributed by atoms with E-state index in [1.807, 2.05) is 42.7 Å². The van der Waals surface area contributed by atoms with Gasteiger partial charge in [-0.3, -0.25) is 10.1 Å². The normalized spacial score (nSPS) is 15.6. The number of carbonyl (C=O) groups excluding carboxylic acids is 1. The second-order valence-corrected chi connectivity index (χ2v) is 7.54. The van der Waals surface area contributed by atoms with Crippen molar-refractivity contribution >= 4 is 22.9 Å². The number of imidazole rings is 1. The Balaban J connectivity index is 1.68. The van der Waals surface area contributed by atoms with E-state index >= 15 is 0 Å². The summed E-state index contributed by atoms with van der Waals surface area (Å²) in [5.41, 5.74) is 3.19. The Hall–Kier alpha value is -3.31. The Kier molecular flexibility index (Phi) is 5.72. The molecule has 1 aromatic carbocycles. The lowest BCUT2D eigenvalue weighted by atomic mass is 9.97. The molecule has 2 aromatic heterocycles. The topological polar surface area (TPSA) is 109 Å². The van der Waals surface area contributed by atoms with Crippen molar-refractivity contribution in [3.05, 3.63) is 47.5 Å². The van der Waals surface area contributed by atoms with Crippen LogP contribution in [0.3, 0.4) is 0 Å². The lowest BCUT2D eigenvalue weighted by molar-refractivity contribution is -0.120. The molecule has 1 aliphatic rings. The van der Waals surface area contributed by atoms with Gasteiger partial charge in [-0.1, -0.05) is 12.1 Å². The summed E-state index contributed by atoms with van der Waals surface area (Å²) in [6, 6.07) is 10.2. The number of piperidine rings is 1. The van der Waals surface area contributed by atoms with Gasteiger partial charge < -0.3 is 9.88 Å². The molecule has 8 nitrogen and oxygen atoms in total. The standard InChI is InChI=1S/C22H25N7O/c1-3-29-18-7-5-4-6-17(18)26-20(29)16(12-23)19-14(2)13-25-22(27-19)28-21(30)15-8-10-24-11-9-15/h4-7,13,15-16,24H,3,8-11H2,1-2H3,(H,25,27,28,30). The van der Waals surface area contributed by atoms with E-state index in [4.69, 9.17) is 4.98 Å². The Morgan fingerprint density at radius 2 is 2.10 bits per heavy atom. The van der Waals surface area contributed by atoms with Gasteiger partial charge in [0.25, 0.3) is 0 Å². The molecule has 0 aliphatic carbocycles. The van der Waals surface area contributed by atoms with Crippen LogP contribution in [0.4, 0.5) is 5.95 Å².